The summed E-state index contributed by atoms with van der Waals surface area (Å²) >= 11 is 0. The van der Waals surface area contributed by atoms with E-state index in [9.17, 15) is 0 Å². The van der Waals surface area contributed by atoms with Crippen molar-refractivity contribution in [1.29, 1.82) is 0 Å². The van der Waals surface area contributed by atoms with E-state index in [4.69, 9.17) is 8.83 Å². The van der Waals surface area contributed by atoms with Crippen molar-refractivity contribution in [1.82, 2.24) is 0 Å². The van der Waals surface area contributed by atoms with Crippen LogP contribution in [0, 0.1) is 0 Å². The molecular formula is C28H20O2. The number of benzene rings is 3. The van der Waals surface area contributed by atoms with Crippen LogP contribution < -0.4 is 0 Å². The van der Waals surface area contributed by atoms with Gasteiger partial charge < -0.3 is 8.83 Å². The Labute approximate surface area is 175 Å². The van der Waals surface area contributed by atoms with E-state index in [1.165, 1.54) is 0 Å². The second kappa shape index (κ2) is 7.41. The summed E-state index contributed by atoms with van der Waals surface area (Å²) in [5.74, 6) is 2.43. The summed E-state index contributed by atoms with van der Waals surface area (Å²) in [5.41, 5.74) is 6.24. The lowest BCUT2D eigenvalue weighted by Crippen LogP contribution is -1.80. The second-order valence-electron chi connectivity index (χ2n) is 7.14. The van der Waals surface area contributed by atoms with Gasteiger partial charge in [0.1, 0.15) is 22.9 Å². The first kappa shape index (κ1) is 18.0. The number of hydrogen-bond acceptors (Lipinski definition) is 2. The molecule has 2 nitrogen and oxygen atoms in total. The fourth-order valence-electron chi connectivity index (χ4n) is 3.66. The Morgan fingerprint density at radius 1 is 0.567 bits per heavy atom. The third-order valence-electron chi connectivity index (χ3n) is 5.29. The zero-order chi connectivity index (χ0) is 20.5. The molecule has 5 aromatic rings. The molecule has 0 amide bonds. The van der Waals surface area contributed by atoms with Crippen LogP contribution in [0.25, 0.3) is 56.9 Å². The topological polar surface area (TPSA) is 26.3 Å². The van der Waals surface area contributed by atoms with Gasteiger partial charge in [-0.2, -0.15) is 0 Å². The highest BCUT2D eigenvalue weighted by Crippen LogP contribution is 2.32. The molecule has 3 aromatic carbocycles. The molecule has 0 fully saturated rings. The molecule has 0 saturated heterocycles. The molecule has 0 bridgehead atoms. The first-order valence-corrected chi connectivity index (χ1v) is 9.84. The third kappa shape index (κ3) is 3.19. The molecule has 0 aliphatic heterocycles. The van der Waals surface area contributed by atoms with Crippen LogP contribution >= 0.6 is 0 Å². The van der Waals surface area contributed by atoms with Gasteiger partial charge in [0, 0.05) is 22.1 Å². The minimum atomic E-state index is 0.741. The average molecular weight is 388 g/mol. The minimum Gasteiger partial charge on any atom is -0.456 e. The van der Waals surface area contributed by atoms with Crippen molar-refractivity contribution in [2.24, 2.45) is 0 Å². The number of rotatable bonds is 5. The average Bonchev–Trinajstić information content (AvgIpc) is 3.43. The molecule has 2 aromatic heterocycles. The van der Waals surface area contributed by atoms with Crippen LogP contribution in [0.1, 0.15) is 11.3 Å². The highest BCUT2D eigenvalue weighted by Gasteiger charge is 2.09. The molecule has 144 valence electrons. The molecule has 0 aliphatic carbocycles. The van der Waals surface area contributed by atoms with Gasteiger partial charge in [-0.25, -0.2) is 0 Å². The Morgan fingerprint density at radius 2 is 1.13 bits per heavy atom. The van der Waals surface area contributed by atoms with E-state index in [0.717, 1.165) is 56.1 Å². The molecule has 5 rings (SSSR count). The van der Waals surface area contributed by atoms with E-state index in [0.29, 0.717) is 0 Å². The monoisotopic (exact) mass is 388 g/mol. The Kier molecular flexibility index (Phi) is 4.45. The van der Waals surface area contributed by atoms with Crippen molar-refractivity contribution in [2.75, 3.05) is 0 Å². The minimum absolute atomic E-state index is 0.741. The van der Waals surface area contributed by atoms with Crippen molar-refractivity contribution in [2.45, 2.75) is 0 Å². The van der Waals surface area contributed by atoms with Gasteiger partial charge in [-0.15, -0.1) is 0 Å². The van der Waals surface area contributed by atoms with E-state index in [-0.39, 0.29) is 0 Å². The third-order valence-corrected chi connectivity index (χ3v) is 5.29. The molecule has 30 heavy (non-hydrogen) atoms. The van der Waals surface area contributed by atoms with Crippen molar-refractivity contribution < 1.29 is 8.83 Å². The fraction of sp³-hybridized carbons (Fsp3) is 0. The van der Waals surface area contributed by atoms with Crippen LogP contribution in [0.5, 0.6) is 0 Å². The summed E-state index contributed by atoms with van der Waals surface area (Å²) in [6.07, 6.45) is 3.49. The highest BCUT2D eigenvalue weighted by molar-refractivity contribution is 5.83. The van der Waals surface area contributed by atoms with E-state index in [1.54, 1.807) is 12.2 Å². The van der Waals surface area contributed by atoms with Gasteiger partial charge in [-0.1, -0.05) is 86.0 Å². The van der Waals surface area contributed by atoms with E-state index < -0.39 is 0 Å². The zero-order valence-electron chi connectivity index (χ0n) is 16.5. The Bertz CT molecular complexity index is 1290. The molecule has 0 unspecified atom stereocenters. The summed E-state index contributed by atoms with van der Waals surface area (Å²) in [7, 11) is 0. The van der Waals surface area contributed by atoms with Crippen LogP contribution in [0.3, 0.4) is 0 Å². The summed E-state index contributed by atoms with van der Waals surface area (Å²) in [6.45, 7) is 7.62. The Morgan fingerprint density at radius 3 is 1.67 bits per heavy atom. The molecule has 0 atom stereocenters. The van der Waals surface area contributed by atoms with Crippen molar-refractivity contribution in [3.63, 3.8) is 0 Å². The molecule has 2 heterocycles. The molecule has 0 aliphatic rings. The lowest BCUT2D eigenvalue weighted by atomic mass is 10.0. The lowest BCUT2D eigenvalue weighted by Gasteiger charge is -2.04. The lowest BCUT2D eigenvalue weighted by molar-refractivity contribution is 0.571. The second-order valence-corrected chi connectivity index (χ2v) is 7.14. The number of furan rings is 2. The quantitative estimate of drug-likeness (QED) is 0.302. The standard InChI is InChI=1S/C28H20O2/c1-3-19-17-27(29-25(19)4-2)22-13-9-20(10-14-22)21-11-15-23(16-12-21)28-18-24-7-5-6-8-26(24)30-28/h3-18H,1-2H2. The van der Waals surface area contributed by atoms with Crippen LogP contribution in [0.2, 0.25) is 0 Å². The van der Waals surface area contributed by atoms with Gasteiger partial charge in [-0.3, -0.25) is 0 Å². The normalized spacial score (nSPS) is 10.9. The summed E-state index contributed by atoms with van der Waals surface area (Å²) in [6, 6.07) is 28.9. The van der Waals surface area contributed by atoms with E-state index >= 15 is 0 Å². The van der Waals surface area contributed by atoms with Crippen LogP contribution in [-0.4, -0.2) is 0 Å². The first-order valence-electron chi connectivity index (χ1n) is 9.84. The Balaban J connectivity index is 1.41. The maximum absolute atomic E-state index is 5.97. The molecule has 0 radical (unpaired) electrons. The van der Waals surface area contributed by atoms with Crippen LogP contribution in [0.15, 0.2) is 107 Å². The first-order chi connectivity index (χ1) is 14.7. The molecule has 0 spiro atoms. The maximum Gasteiger partial charge on any atom is 0.135 e. The van der Waals surface area contributed by atoms with E-state index in [1.807, 2.05) is 24.3 Å². The maximum atomic E-state index is 5.97. The highest BCUT2D eigenvalue weighted by atomic mass is 16.3. The van der Waals surface area contributed by atoms with Gasteiger partial charge in [0.25, 0.3) is 0 Å². The Hall–Kier alpha value is -4.04. The van der Waals surface area contributed by atoms with Crippen LogP contribution in [-0.2, 0) is 0 Å². The van der Waals surface area contributed by atoms with Gasteiger partial charge >= 0.3 is 0 Å². The molecular weight excluding hydrogens is 368 g/mol. The smallest absolute Gasteiger partial charge is 0.135 e. The molecule has 0 saturated carbocycles. The van der Waals surface area contributed by atoms with E-state index in [2.05, 4.69) is 73.8 Å². The predicted molar refractivity (Wildman–Crippen MR) is 125 cm³/mol. The summed E-state index contributed by atoms with van der Waals surface area (Å²) in [5, 5.41) is 1.12. The van der Waals surface area contributed by atoms with Gasteiger partial charge in [0.2, 0.25) is 0 Å². The number of fused-ring (bicyclic) bond motifs is 1. The number of para-hydroxylation sites is 1. The van der Waals surface area contributed by atoms with Crippen molar-refractivity contribution in [3.05, 3.63) is 109 Å². The van der Waals surface area contributed by atoms with Gasteiger partial charge in [0.05, 0.1) is 0 Å². The molecule has 2 heteroatoms. The molecule has 0 N–H and O–H groups in total. The van der Waals surface area contributed by atoms with Crippen molar-refractivity contribution in [3.8, 4) is 33.8 Å². The van der Waals surface area contributed by atoms with Gasteiger partial charge in [0.15, 0.2) is 0 Å². The fourth-order valence-corrected chi connectivity index (χ4v) is 3.66. The largest absolute Gasteiger partial charge is 0.456 e. The SMILES string of the molecule is C=Cc1cc(-c2ccc(-c3ccc(-c4cc5ccccc5o4)cc3)cc2)oc1C=C. The summed E-state index contributed by atoms with van der Waals surface area (Å²) < 4.78 is 11.8. The van der Waals surface area contributed by atoms with Gasteiger partial charge in [-0.05, 0) is 35.4 Å². The summed E-state index contributed by atoms with van der Waals surface area (Å²) in [4.78, 5) is 0. The van der Waals surface area contributed by atoms with Crippen molar-refractivity contribution >= 4 is 23.1 Å². The zero-order valence-corrected chi connectivity index (χ0v) is 16.5. The van der Waals surface area contributed by atoms with Crippen LogP contribution in [0.4, 0.5) is 0 Å². The number of hydrogen-bond donors (Lipinski definition) is 0. The predicted octanol–water partition coefficient (Wildman–Crippen LogP) is 8.31.